The van der Waals surface area contributed by atoms with Crippen molar-refractivity contribution in [2.45, 2.75) is 6.92 Å². The summed E-state index contributed by atoms with van der Waals surface area (Å²) in [6.07, 6.45) is 0. The summed E-state index contributed by atoms with van der Waals surface area (Å²) in [5.74, 6) is 0.864. The number of benzene rings is 1. The third-order valence-corrected chi connectivity index (χ3v) is 2.25. The molecule has 1 aromatic carbocycles. The number of methoxy groups -OCH3 is 1. The van der Waals surface area contributed by atoms with E-state index in [1.54, 1.807) is 7.11 Å². The zero-order chi connectivity index (χ0) is 9.68. The maximum atomic E-state index is 5.46. The lowest BCUT2D eigenvalue weighted by atomic mass is 10.2. The molecule has 72 valence electrons. The molecule has 1 aromatic rings. The van der Waals surface area contributed by atoms with E-state index in [1.807, 2.05) is 25.1 Å². The summed E-state index contributed by atoms with van der Waals surface area (Å²) in [5.41, 5.74) is 1.21. The van der Waals surface area contributed by atoms with Crippen molar-refractivity contribution in [3.05, 3.63) is 28.2 Å². The van der Waals surface area contributed by atoms with Crippen LogP contribution in [0.15, 0.2) is 22.7 Å². The van der Waals surface area contributed by atoms with Crippen molar-refractivity contribution >= 4 is 15.9 Å². The molecule has 0 aromatic heterocycles. The lowest BCUT2D eigenvalue weighted by Gasteiger charge is -2.07. The predicted molar refractivity (Wildman–Crippen MR) is 56.3 cm³/mol. The quantitative estimate of drug-likeness (QED) is 0.759. The van der Waals surface area contributed by atoms with Gasteiger partial charge in [-0.3, -0.25) is 0 Å². The molecule has 2 nitrogen and oxygen atoms in total. The van der Waals surface area contributed by atoms with Crippen LogP contribution in [0.3, 0.4) is 0 Å². The monoisotopic (exact) mass is 244 g/mol. The first kappa shape index (κ1) is 10.5. The van der Waals surface area contributed by atoms with Crippen molar-refractivity contribution in [1.82, 2.24) is 0 Å². The van der Waals surface area contributed by atoms with Crippen molar-refractivity contribution in [2.75, 3.05) is 20.3 Å². The van der Waals surface area contributed by atoms with Crippen molar-refractivity contribution in [3.63, 3.8) is 0 Å². The van der Waals surface area contributed by atoms with E-state index in [9.17, 15) is 0 Å². The number of hydrogen-bond donors (Lipinski definition) is 0. The second-order valence-electron chi connectivity index (χ2n) is 2.78. The highest BCUT2D eigenvalue weighted by Crippen LogP contribution is 2.25. The molecule has 0 spiro atoms. The molecule has 0 aliphatic carbocycles. The predicted octanol–water partition coefficient (Wildman–Crippen LogP) is 2.78. The second-order valence-corrected chi connectivity index (χ2v) is 3.63. The van der Waals surface area contributed by atoms with E-state index in [0.29, 0.717) is 13.2 Å². The molecule has 0 aliphatic rings. The standard InChI is InChI=1S/C10H13BrO2/c1-8-3-4-10(9(11)7-8)13-6-5-12-2/h3-4,7H,5-6H2,1-2H3. The van der Waals surface area contributed by atoms with Gasteiger partial charge in [-0.1, -0.05) is 6.07 Å². The van der Waals surface area contributed by atoms with Gasteiger partial charge in [-0.25, -0.2) is 0 Å². The van der Waals surface area contributed by atoms with E-state index >= 15 is 0 Å². The molecular weight excluding hydrogens is 232 g/mol. The average Bonchev–Trinajstić information content (AvgIpc) is 2.09. The van der Waals surface area contributed by atoms with Gasteiger partial charge in [0.05, 0.1) is 11.1 Å². The average molecular weight is 245 g/mol. The summed E-state index contributed by atoms with van der Waals surface area (Å²) >= 11 is 3.43. The summed E-state index contributed by atoms with van der Waals surface area (Å²) in [7, 11) is 1.66. The Labute approximate surface area is 87.0 Å². The first-order valence-electron chi connectivity index (χ1n) is 4.12. The number of halogens is 1. The number of aryl methyl sites for hydroxylation is 1. The molecule has 0 N–H and O–H groups in total. The molecule has 3 heteroatoms. The summed E-state index contributed by atoms with van der Waals surface area (Å²) < 4.78 is 11.3. The number of rotatable bonds is 4. The molecule has 0 saturated carbocycles. The van der Waals surface area contributed by atoms with Crippen LogP contribution in [-0.2, 0) is 4.74 Å². The van der Waals surface area contributed by atoms with E-state index in [-0.39, 0.29) is 0 Å². The fourth-order valence-electron chi connectivity index (χ4n) is 0.958. The van der Waals surface area contributed by atoms with Gasteiger partial charge >= 0.3 is 0 Å². The lowest BCUT2D eigenvalue weighted by molar-refractivity contribution is 0.146. The van der Waals surface area contributed by atoms with E-state index in [0.717, 1.165) is 10.2 Å². The van der Waals surface area contributed by atoms with Crippen molar-refractivity contribution in [2.24, 2.45) is 0 Å². The maximum absolute atomic E-state index is 5.46. The first-order chi connectivity index (χ1) is 6.24. The molecule has 0 heterocycles. The fourth-order valence-corrected chi connectivity index (χ4v) is 1.57. The normalized spacial score (nSPS) is 10.1. The Balaban J connectivity index is 2.56. The Kier molecular flexibility index (Phi) is 4.25. The van der Waals surface area contributed by atoms with Crippen molar-refractivity contribution < 1.29 is 9.47 Å². The minimum Gasteiger partial charge on any atom is -0.490 e. The summed E-state index contributed by atoms with van der Waals surface area (Å²) in [5, 5.41) is 0. The third kappa shape index (κ3) is 3.36. The number of ether oxygens (including phenoxy) is 2. The molecule has 0 aliphatic heterocycles. The van der Waals surface area contributed by atoms with Gasteiger partial charge in [-0.05, 0) is 40.5 Å². The highest BCUT2D eigenvalue weighted by atomic mass is 79.9. The minimum absolute atomic E-state index is 0.582. The van der Waals surface area contributed by atoms with E-state index in [4.69, 9.17) is 9.47 Å². The Morgan fingerprint density at radius 3 is 2.69 bits per heavy atom. The maximum Gasteiger partial charge on any atom is 0.133 e. The largest absolute Gasteiger partial charge is 0.490 e. The van der Waals surface area contributed by atoms with E-state index in [1.165, 1.54) is 5.56 Å². The molecular formula is C10H13BrO2. The second kappa shape index (κ2) is 5.25. The van der Waals surface area contributed by atoms with Gasteiger partial charge in [-0.2, -0.15) is 0 Å². The van der Waals surface area contributed by atoms with Crippen LogP contribution in [-0.4, -0.2) is 20.3 Å². The molecule has 0 amide bonds. The highest BCUT2D eigenvalue weighted by molar-refractivity contribution is 9.10. The van der Waals surface area contributed by atoms with Gasteiger partial charge in [0, 0.05) is 7.11 Å². The smallest absolute Gasteiger partial charge is 0.133 e. The third-order valence-electron chi connectivity index (χ3n) is 1.63. The van der Waals surface area contributed by atoms with Crippen LogP contribution in [0.25, 0.3) is 0 Å². The van der Waals surface area contributed by atoms with Gasteiger partial charge in [0.2, 0.25) is 0 Å². The Morgan fingerprint density at radius 1 is 1.31 bits per heavy atom. The SMILES string of the molecule is COCCOc1ccc(C)cc1Br. The summed E-state index contributed by atoms with van der Waals surface area (Å²) in [6, 6.07) is 6.00. The molecule has 13 heavy (non-hydrogen) atoms. The van der Waals surface area contributed by atoms with Gasteiger partial charge in [-0.15, -0.1) is 0 Å². The molecule has 1 rings (SSSR count). The summed E-state index contributed by atoms with van der Waals surface area (Å²) in [6.45, 7) is 3.24. The number of hydrogen-bond acceptors (Lipinski definition) is 2. The van der Waals surface area contributed by atoms with Crippen LogP contribution >= 0.6 is 15.9 Å². The molecule has 0 bridgehead atoms. The van der Waals surface area contributed by atoms with Gasteiger partial charge in [0.1, 0.15) is 12.4 Å². The van der Waals surface area contributed by atoms with Crippen LogP contribution in [0.4, 0.5) is 0 Å². The van der Waals surface area contributed by atoms with Gasteiger partial charge < -0.3 is 9.47 Å². The van der Waals surface area contributed by atoms with Crippen LogP contribution in [0.5, 0.6) is 5.75 Å². The lowest BCUT2D eigenvalue weighted by Crippen LogP contribution is -2.04. The molecule has 0 radical (unpaired) electrons. The Hall–Kier alpha value is -0.540. The van der Waals surface area contributed by atoms with Crippen LogP contribution in [0.2, 0.25) is 0 Å². The topological polar surface area (TPSA) is 18.5 Å². The molecule has 0 unspecified atom stereocenters. The molecule has 0 fully saturated rings. The fraction of sp³-hybridized carbons (Fsp3) is 0.400. The Bertz CT molecular complexity index is 274. The minimum atomic E-state index is 0.582. The van der Waals surface area contributed by atoms with E-state index in [2.05, 4.69) is 15.9 Å². The van der Waals surface area contributed by atoms with E-state index < -0.39 is 0 Å². The van der Waals surface area contributed by atoms with Crippen molar-refractivity contribution in [1.29, 1.82) is 0 Å². The van der Waals surface area contributed by atoms with Gasteiger partial charge in [0.15, 0.2) is 0 Å². The molecule has 0 saturated heterocycles. The molecule has 0 atom stereocenters. The first-order valence-corrected chi connectivity index (χ1v) is 4.91. The zero-order valence-corrected chi connectivity index (χ0v) is 9.43. The zero-order valence-electron chi connectivity index (χ0n) is 7.84. The van der Waals surface area contributed by atoms with Crippen LogP contribution in [0, 0.1) is 6.92 Å². The van der Waals surface area contributed by atoms with Crippen LogP contribution < -0.4 is 4.74 Å². The summed E-state index contributed by atoms with van der Waals surface area (Å²) in [4.78, 5) is 0. The van der Waals surface area contributed by atoms with Crippen LogP contribution in [0.1, 0.15) is 5.56 Å². The van der Waals surface area contributed by atoms with Crippen molar-refractivity contribution in [3.8, 4) is 5.75 Å². The Morgan fingerprint density at radius 2 is 2.08 bits per heavy atom. The van der Waals surface area contributed by atoms with Gasteiger partial charge in [0.25, 0.3) is 0 Å². The highest BCUT2D eigenvalue weighted by Gasteiger charge is 1.99.